The van der Waals surface area contributed by atoms with E-state index in [9.17, 15) is 19.1 Å². The number of aliphatic hydroxyl groups excluding tert-OH is 1. The van der Waals surface area contributed by atoms with E-state index in [1.54, 1.807) is 29.1 Å². The number of nitrogens with zero attached hydrogens (tertiary/aromatic N) is 3. The van der Waals surface area contributed by atoms with E-state index in [1.807, 2.05) is 50.4 Å². The zero-order chi connectivity index (χ0) is 26.8. The van der Waals surface area contributed by atoms with Gasteiger partial charge in [-0.3, -0.25) is 14.3 Å². The number of anilines is 1. The molecule has 0 radical (unpaired) electrons. The highest BCUT2D eigenvalue weighted by Crippen LogP contribution is 2.34. The number of rotatable bonds is 7. The standard InChI is InChI=1S/C30H31FN4O3/c1-19(2)25-12-13-26(29(37)33-25)35(30(38)28-24-6-4-3-5-22(24)9-14-27(28)36)18-21-15-32-34(17-21)16-20-7-10-23(31)11-8-20/h3-8,10-13,15,17,19,27-28,36H,9,14,16,18H2,1-2H3,(H,33,37). The number of aromatic amines is 1. The third-order valence-corrected chi connectivity index (χ3v) is 7.13. The van der Waals surface area contributed by atoms with Gasteiger partial charge in [-0.15, -0.1) is 0 Å². The fourth-order valence-electron chi connectivity index (χ4n) is 5.05. The molecule has 8 heteroatoms. The molecule has 196 valence electrons. The van der Waals surface area contributed by atoms with Crippen molar-refractivity contribution in [3.63, 3.8) is 0 Å². The van der Waals surface area contributed by atoms with Crippen molar-refractivity contribution >= 4 is 11.6 Å². The number of benzene rings is 2. The first-order chi connectivity index (χ1) is 18.3. The SMILES string of the molecule is CC(C)c1ccc(N(Cc2cnn(Cc3ccc(F)cc3)c2)C(=O)C2c3ccccc3CCC2O)c(=O)[nH]1. The number of aliphatic hydroxyl groups is 1. The molecule has 2 atom stereocenters. The van der Waals surface area contributed by atoms with Crippen LogP contribution >= 0.6 is 0 Å². The molecular formula is C30H31FN4O3. The molecule has 0 saturated heterocycles. The van der Waals surface area contributed by atoms with Crippen LogP contribution in [-0.2, 0) is 24.3 Å². The number of hydrogen-bond donors (Lipinski definition) is 2. The van der Waals surface area contributed by atoms with Crippen molar-refractivity contribution < 1.29 is 14.3 Å². The first-order valence-corrected chi connectivity index (χ1v) is 12.9. The molecule has 0 bridgehead atoms. The minimum atomic E-state index is -0.852. The summed E-state index contributed by atoms with van der Waals surface area (Å²) in [6, 6.07) is 17.4. The highest BCUT2D eigenvalue weighted by molar-refractivity contribution is 5.98. The number of aromatic nitrogens is 3. The zero-order valence-corrected chi connectivity index (χ0v) is 21.5. The van der Waals surface area contributed by atoms with Crippen LogP contribution in [0.1, 0.15) is 60.1 Å². The summed E-state index contributed by atoms with van der Waals surface area (Å²) < 4.78 is 15.0. The number of fused-ring (bicyclic) bond motifs is 1. The maximum Gasteiger partial charge on any atom is 0.272 e. The van der Waals surface area contributed by atoms with E-state index in [2.05, 4.69) is 10.1 Å². The Morgan fingerprint density at radius 2 is 1.89 bits per heavy atom. The lowest BCUT2D eigenvalue weighted by molar-refractivity contribution is -0.123. The van der Waals surface area contributed by atoms with Gasteiger partial charge in [0.25, 0.3) is 5.56 Å². The third kappa shape index (κ3) is 5.31. The van der Waals surface area contributed by atoms with Crippen molar-refractivity contribution in [3.05, 3.63) is 117 Å². The summed E-state index contributed by atoms with van der Waals surface area (Å²) in [5.41, 5.74) is 4.09. The summed E-state index contributed by atoms with van der Waals surface area (Å²) in [6.45, 7) is 4.52. The van der Waals surface area contributed by atoms with Crippen molar-refractivity contribution in [3.8, 4) is 0 Å². The maximum atomic E-state index is 14.1. The second-order valence-corrected chi connectivity index (χ2v) is 10.2. The molecule has 7 nitrogen and oxygen atoms in total. The summed E-state index contributed by atoms with van der Waals surface area (Å²) in [4.78, 5) is 31.7. The van der Waals surface area contributed by atoms with Gasteiger partial charge in [0.05, 0.1) is 31.3 Å². The highest BCUT2D eigenvalue weighted by Gasteiger charge is 2.37. The molecular weight excluding hydrogens is 483 g/mol. The summed E-state index contributed by atoms with van der Waals surface area (Å²) in [6.07, 6.45) is 3.78. The molecule has 1 aliphatic carbocycles. The number of carbonyl (C=O) groups is 1. The van der Waals surface area contributed by atoms with Gasteiger partial charge in [-0.05, 0) is 59.7 Å². The Bertz CT molecular complexity index is 1490. The van der Waals surface area contributed by atoms with E-state index in [4.69, 9.17) is 0 Å². The highest BCUT2D eigenvalue weighted by atomic mass is 19.1. The zero-order valence-electron chi connectivity index (χ0n) is 21.5. The van der Waals surface area contributed by atoms with E-state index >= 15 is 0 Å². The molecule has 1 amide bonds. The molecule has 1 aliphatic rings. The van der Waals surface area contributed by atoms with Crippen LogP contribution in [0.5, 0.6) is 0 Å². The van der Waals surface area contributed by atoms with Crippen LogP contribution in [0.2, 0.25) is 0 Å². The number of H-pyrrole nitrogens is 1. The predicted octanol–water partition coefficient (Wildman–Crippen LogP) is 4.51. The van der Waals surface area contributed by atoms with Crippen molar-refractivity contribution in [2.45, 2.75) is 57.7 Å². The van der Waals surface area contributed by atoms with Crippen LogP contribution in [0.25, 0.3) is 0 Å². The van der Waals surface area contributed by atoms with Crippen molar-refractivity contribution in [1.29, 1.82) is 0 Å². The van der Waals surface area contributed by atoms with Crippen LogP contribution in [0.4, 0.5) is 10.1 Å². The smallest absolute Gasteiger partial charge is 0.272 e. The minimum Gasteiger partial charge on any atom is -0.392 e. The van der Waals surface area contributed by atoms with Gasteiger partial charge in [0.1, 0.15) is 11.5 Å². The fourth-order valence-corrected chi connectivity index (χ4v) is 5.05. The first-order valence-electron chi connectivity index (χ1n) is 12.9. The normalized spacial score (nSPS) is 16.9. The van der Waals surface area contributed by atoms with Gasteiger partial charge in [-0.2, -0.15) is 5.10 Å². The molecule has 0 fully saturated rings. The molecule has 2 heterocycles. The molecule has 0 saturated carbocycles. The lowest BCUT2D eigenvalue weighted by Crippen LogP contribution is -2.43. The molecule has 38 heavy (non-hydrogen) atoms. The molecule has 4 aromatic rings. The van der Waals surface area contributed by atoms with Gasteiger partial charge in [0, 0.05) is 17.5 Å². The Kier molecular flexibility index (Phi) is 7.24. The van der Waals surface area contributed by atoms with Gasteiger partial charge in [0.15, 0.2) is 0 Å². The largest absolute Gasteiger partial charge is 0.392 e. The Hall–Kier alpha value is -4.04. The van der Waals surface area contributed by atoms with Crippen LogP contribution < -0.4 is 10.5 Å². The average molecular weight is 515 g/mol. The molecule has 0 aliphatic heterocycles. The quantitative estimate of drug-likeness (QED) is 0.380. The summed E-state index contributed by atoms with van der Waals surface area (Å²) >= 11 is 0. The molecule has 2 aromatic heterocycles. The van der Waals surface area contributed by atoms with Crippen LogP contribution in [0, 0.1) is 5.82 Å². The topological polar surface area (TPSA) is 91.2 Å². The van der Waals surface area contributed by atoms with E-state index in [1.165, 1.54) is 17.0 Å². The molecule has 0 spiro atoms. The van der Waals surface area contributed by atoms with E-state index < -0.39 is 12.0 Å². The van der Waals surface area contributed by atoms with Crippen molar-refractivity contribution in [2.75, 3.05) is 4.90 Å². The molecule has 2 N–H and O–H groups in total. The molecule has 2 aromatic carbocycles. The number of pyridine rings is 1. The van der Waals surface area contributed by atoms with Crippen molar-refractivity contribution in [2.24, 2.45) is 0 Å². The lowest BCUT2D eigenvalue weighted by Gasteiger charge is -2.33. The second-order valence-electron chi connectivity index (χ2n) is 10.2. The number of amides is 1. The summed E-state index contributed by atoms with van der Waals surface area (Å²) in [5, 5.41) is 15.4. The maximum absolute atomic E-state index is 14.1. The Morgan fingerprint density at radius 1 is 1.13 bits per heavy atom. The third-order valence-electron chi connectivity index (χ3n) is 7.13. The second kappa shape index (κ2) is 10.8. The summed E-state index contributed by atoms with van der Waals surface area (Å²) in [5.74, 6) is -1.29. The number of carbonyl (C=O) groups excluding carboxylic acids is 1. The number of aryl methyl sites for hydroxylation is 1. The molecule has 5 rings (SSSR count). The van der Waals surface area contributed by atoms with Gasteiger partial charge in [-0.1, -0.05) is 50.2 Å². The van der Waals surface area contributed by atoms with Gasteiger partial charge >= 0.3 is 0 Å². The van der Waals surface area contributed by atoms with E-state index in [-0.39, 0.29) is 35.4 Å². The number of halogens is 1. The van der Waals surface area contributed by atoms with Crippen LogP contribution in [-0.4, -0.2) is 31.9 Å². The van der Waals surface area contributed by atoms with Crippen LogP contribution in [0.15, 0.2) is 77.9 Å². The van der Waals surface area contributed by atoms with Gasteiger partial charge in [-0.25, -0.2) is 4.39 Å². The predicted molar refractivity (Wildman–Crippen MR) is 144 cm³/mol. The van der Waals surface area contributed by atoms with Crippen LogP contribution in [0.3, 0.4) is 0 Å². The molecule has 2 unspecified atom stereocenters. The Morgan fingerprint density at radius 3 is 2.63 bits per heavy atom. The number of hydrogen-bond acceptors (Lipinski definition) is 4. The minimum absolute atomic E-state index is 0.109. The van der Waals surface area contributed by atoms with E-state index in [0.717, 1.165) is 27.9 Å². The Balaban J connectivity index is 1.49. The van der Waals surface area contributed by atoms with Gasteiger partial charge in [0.2, 0.25) is 5.91 Å². The lowest BCUT2D eigenvalue weighted by atomic mass is 9.80. The van der Waals surface area contributed by atoms with Gasteiger partial charge < -0.3 is 15.0 Å². The first kappa shape index (κ1) is 25.6. The monoisotopic (exact) mass is 514 g/mol. The van der Waals surface area contributed by atoms with E-state index in [0.29, 0.717) is 19.4 Å². The Labute approximate surface area is 220 Å². The fraction of sp³-hybridized carbons (Fsp3) is 0.300. The average Bonchev–Trinajstić information content (AvgIpc) is 3.35. The number of nitrogens with one attached hydrogen (secondary N) is 1. The van der Waals surface area contributed by atoms with Crippen molar-refractivity contribution in [1.82, 2.24) is 14.8 Å². The summed E-state index contributed by atoms with van der Waals surface area (Å²) in [7, 11) is 0.